The van der Waals surface area contributed by atoms with Gasteiger partial charge in [0.1, 0.15) is 18.2 Å². The highest BCUT2D eigenvalue weighted by Gasteiger charge is 2.33. The minimum atomic E-state index is -0.0747. The molecule has 5 heteroatoms. The van der Waals surface area contributed by atoms with Gasteiger partial charge in [-0.3, -0.25) is 9.69 Å². The van der Waals surface area contributed by atoms with E-state index in [9.17, 15) is 4.79 Å². The molecular formula is C30H32N2O3. The average molecular weight is 469 g/mol. The van der Waals surface area contributed by atoms with E-state index in [4.69, 9.17) is 9.47 Å². The number of allylic oxidation sites excluding steroid dienone is 1. The number of rotatable bonds is 6. The van der Waals surface area contributed by atoms with Gasteiger partial charge in [0.2, 0.25) is 5.78 Å². The van der Waals surface area contributed by atoms with E-state index >= 15 is 0 Å². The van der Waals surface area contributed by atoms with Crippen molar-refractivity contribution in [2.24, 2.45) is 0 Å². The summed E-state index contributed by atoms with van der Waals surface area (Å²) < 4.78 is 12.2. The molecule has 3 aromatic rings. The summed E-state index contributed by atoms with van der Waals surface area (Å²) in [5, 5.41) is 0. The molecule has 2 aliphatic rings. The van der Waals surface area contributed by atoms with E-state index in [1.54, 1.807) is 0 Å². The van der Waals surface area contributed by atoms with Crippen LogP contribution in [-0.2, 0) is 13.1 Å². The highest BCUT2D eigenvalue weighted by molar-refractivity contribution is 6.15. The van der Waals surface area contributed by atoms with E-state index < -0.39 is 0 Å². The monoisotopic (exact) mass is 468 g/mol. The van der Waals surface area contributed by atoms with Gasteiger partial charge < -0.3 is 14.4 Å². The van der Waals surface area contributed by atoms with Gasteiger partial charge in [-0.05, 0) is 63.1 Å². The van der Waals surface area contributed by atoms with Crippen molar-refractivity contribution >= 4 is 17.5 Å². The SMILES string of the molecule is CCN(CC)c1ccc(/C=C2\Oc3c(cc4c(c3C)OCN(Cc3ccc(C)cc3)C4)C2=O)cc1. The van der Waals surface area contributed by atoms with E-state index in [1.165, 1.54) is 16.8 Å². The fourth-order valence-electron chi connectivity index (χ4n) is 4.87. The van der Waals surface area contributed by atoms with Crippen LogP contribution < -0.4 is 14.4 Å². The van der Waals surface area contributed by atoms with Crippen LogP contribution in [0.1, 0.15) is 52.0 Å². The first-order chi connectivity index (χ1) is 17.0. The molecule has 0 atom stereocenters. The van der Waals surface area contributed by atoms with Gasteiger partial charge in [-0.25, -0.2) is 0 Å². The summed E-state index contributed by atoms with van der Waals surface area (Å²) in [6, 6.07) is 18.8. The summed E-state index contributed by atoms with van der Waals surface area (Å²) in [7, 11) is 0. The first-order valence-electron chi connectivity index (χ1n) is 12.3. The molecule has 180 valence electrons. The zero-order chi connectivity index (χ0) is 24.5. The first kappa shape index (κ1) is 23.2. The third kappa shape index (κ3) is 4.56. The molecule has 5 nitrogen and oxygen atoms in total. The first-order valence-corrected chi connectivity index (χ1v) is 12.3. The minimum absolute atomic E-state index is 0.0747. The van der Waals surface area contributed by atoms with E-state index in [-0.39, 0.29) is 5.78 Å². The molecule has 0 aromatic heterocycles. The van der Waals surface area contributed by atoms with Crippen molar-refractivity contribution in [3.05, 3.63) is 93.7 Å². The smallest absolute Gasteiger partial charge is 0.231 e. The third-order valence-corrected chi connectivity index (χ3v) is 6.85. The lowest BCUT2D eigenvalue weighted by molar-refractivity contribution is 0.0876. The number of fused-ring (bicyclic) bond motifs is 2. The maximum absolute atomic E-state index is 13.3. The van der Waals surface area contributed by atoms with Crippen LogP contribution in [0.25, 0.3) is 6.08 Å². The standard InChI is InChI=1S/C30H32N2O3/c1-5-32(6-2)25-13-11-22(12-14-25)15-27-28(33)26-16-24-18-31(17-23-9-7-20(3)8-10-23)19-34-29(24)21(4)30(26)35-27/h7-16H,5-6,17-19H2,1-4H3/b27-15-. The van der Waals surface area contributed by atoms with Gasteiger partial charge >= 0.3 is 0 Å². The van der Waals surface area contributed by atoms with Gasteiger partial charge in [0, 0.05) is 43.0 Å². The number of ketones is 1. The predicted molar refractivity (Wildman–Crippen MR) is 140 cm³/mol. The van der Waals surface area contributed by atoms with Gasteiger partial charge in [-0.1, -0.05) is 42.0 Å². The number of Topliss-reactive ketones (excluding diaryl/α,β-unsaturated/α-hetero) is 1. The number of anilines is 1. The normalized spacial score (nSPS) is 16.0. The quantitative estimate of drug-likeness (QED) is 0.408. The summed E-state index contributed by atoms with van der Waals surface area (Å²) in [5.41, 5.74) is 7.16. The lowest BCUT2D eigenvalue weighted by Crippen LogP contribution is -2.32. The van der Waals surface area contributed by atoms with Crippen LogP contribution in [-0.4, -0.2) is 30.5 Å². The molecule has 0 saturated carbocycles. The molecule has 0 unspecified atom stereocenters. The Bertz CT molecular complexity index is 1270. The second-order valence-electron chi connectivity index (χ2n) is 9.32. The molecule has 35 heavy (non-hydrogen) atoms. The van der Waals surface area contributed by atoms with E-state index in [1.807, 2.05) is 31.2 Å². The second-order valence-corrected chi connectivity index (χ2v) is 9.32. The van der Waals surface area contributed by atoms with E-state index in [2.05, 4.69) is 67.0 Å². The molecule has 0 saturated heterocycles. The zero-order valence-corrected chi connectivity index (χ0v) is 20.9. The van der Waals surface area contributed by atoms with Crippen molar-refractivity contribution in [3.63, 3.8) is 0 Å². The number of carbonyl (C=O) groups is 1. The fourth-order valence-corrected chi connectivity index (χ4v) is 4.87. The third-order valence-electron chi connectivity index (χ3n) is 6.85. The van der Waals surface area contributed by atoms with Crippen LogP contribution in [0.15, 0.2) is 60.4 Å². The number of ether oxygens (including phenoxy) is 2. The lowest BCUT2D eigenvalue weighted by Gasteiger charge is -2.30. The van der Waals surface area contributed by atoms with Gasteiger partial charge in [0.05, 0.1) is 5.56 Å². The largest absolute Gasteiger partial charge is 0.477 e. The average Bonchev–Trinajstić information content (AvgIpc) is 3.18. The van der Waals surface area contributed by atoms with Crippen LogP contribution in [0.3, 0.4) is 0 Å². The molecule has 0 N–H and O–H groups in total. The van der Waals surface area contributed by atoms with Crippen molar-refractivity contribution in [2.45, 2.75) is 40.8 Å². The van der Waals surface area contributed by atoms with Gasteiger partial charge in [0.25, 0.3) is 0 Å². The molecule has 0 amide bonds. The van der Waals surface area contributed by atoms with Crippen LogP contribution in [0.2, 0.25) is 0 Å². The number of nitrogens with zero attached hydrogens (tertiary/aromatic N) is 2. The van der Waals surface area contributed by atoms with Gasteiger partial charge in [-0.2, -0.15) is 0 Å². The molecule has 0 bridgehead atoms. The molecule has 3 aromatic carbocycles. The van der Waals surface area contributed by atoms with Crippen molar-refractivity contribution in [1.82, 2.24) is 4.90 Å². The molecule has 2 aliphatic heterocycles. The highest BCUT2D eigenvalue weighted by Crippen LogP contribution is 2.43. The number of carbonyl (C=O) groups excluding carboxylic acids is 1. The molecular weight excluding hydrogens is 436 g/mol. The molecule has 0 spiro atoms. The number of hydrogen-bond acceptors (Lipinski definition) is 5. The molecule has 0 fully saturated rings. The Morgan fingerprint density at radius 2 is 1.69 bits per heavy atom. The minimum Gasteiger partial charge on any atom is -0.477 e. The summed E-state index contributed by atoms with van der Waals surface area (Å²) in [4.78, 5) is 17.8. The summed E-state index contributed by atoms with van der Waals surface area (Å²) >= 11 is 0. The van der Waals surface area contributed by atoms with Crippen molar-refractivity contribution < 1.29 is 14.3 Å². The summed E-state index contributed by atoms with van der Waals surface area (Å²) in [6.45, 7) is 12.3. The number of benzene rings is 3. The molecule has 0 radical (unpaired) electrons. The second kappa shape index (κ2) is 9.59. The van der Waals surface area contributed by atoms with Crippen LogP contribution in [0.4, 0.5) is 5.69 Å². The van der Waals surface area contributed by atoms with E-state index in [0.29, 0.717) is 23.8 Å². The van der Waals surface area contributed by atoms with Crippen LogP contribution in [0, 0.1) is 13.8 Å². The highest BCUT2D eigenvalue weighted by atomic mass is 16.5. The maximum atomic E-state index is 13.3. The van der Waals surface area contributed by atoms with Crippen molar-refractivity contribution in [1.29, 1.82) is 0 Å². The van der Waals surface area contributed by atoms with E-state index in [0.717, 1.165) is 48.6 Å². The Balaban J connectivity index is 1.36. The summed E-state index contributed by atoms with van der Waals surface area (Å²) in [6.07, 6.45) is 1.83. The Labute approximate surface area is 207 Å². The Morgan fingerprint density at radius 3 is 2.37 bits per heavy atom. The topological polar surface area (TPSA) is 42.0 Å². The van der Waals surface area contributed by atoms with Gasteiger partial charge in [-0.15, -0.1) is 0 Å². The van der Waals surface area contributed by atoms with Gasteiger partial charge in [0.15, 0.2) is 5.76 Å². The van der Waals surface area contributed by atoms with Crippen molar-refractivity contribution in [3.8, 4) is 11.5 Å². The van der Waals surface area contributed by atoms with Crippen LogP contribution >= 0.6 is 0 Å². The van der Waals surface area contributed by atoms with Crippen molar-refractivity contribution in [2.75, 3.05) is 24.7 Å². The number of aryl methyl sites for hydroxylation is 1. The maximum Gasteiger partial charge on any atom is 0.231 e. The molecule has 2 heterocycles. The Hall–Kier alpha value is -3.57. The Kier molecular flexibility index (Phi) is 6.35. The fraction of sp³-hybridized carbons (Fsp3) is 0.300. The lowest BCUT2D eigenvalue weighted by atomic mass is 9.99. The predicted octanol–water partition coefficient (Wildman–Crippen LogP) is 6.12. The summed E-state index contributed by atoms with van der Waals surface area (Å²) in [5.74, 6) is 1.74. The number of hydrogen-bond donors (Lipinski definition) is 0. The molecule has 5 rings (SSSR count). The molecule has 0 aliphatic carbocycles. The Morgan fingerprint density at radius 1 is 0.971 bits per heavy atom. The zero-order valence-electron chi connectivity index (χ0n) is 20.9. The van der Waals surface area contributed by atoms with Crippen LogP contribution in [0.5, 0.6) is 11.5 Å².